The van der Waals surface area contributed by atoms with Crippen molar-refractivity contribution in [3.8, 4) is 0 Å². The summed E-state index contributed by atoms with van der Waals surface area (Å²) >= 11 is 0. The summed E-state index contributed by atoms with van der Waals surface area (Å²) in [5.41, 5.74) is 1.07. The molecule has 5 heteroatoms. The van der Waals surface area contributed by atoms with Crippen LogP contribution >= 0.6 is 0 Å². The van der Waals surface area contributed by atoms with E-state index in [0.29, 0.717) is 24.6 Å². The van der Waals surface area contributed by atoms with Crippen LogP contribution in [-0.4, -0.2) is 28.4 Å². The molecule has 1 aromatic heterocycles. The van der Waals surface area contributed by atoms with E-state index < -0.39 is 0 Å². The van der Waals surface area contributed by atoms with Crippen molar-refractivity contribution in [2.45, 2.75) is 12.8 Å². The summed E-state index contributed by atoms with van der Waals surface area (Å²) in [6, 6.07) is 9.95. The number of nitrogens with one attached hydrogen (secondary N) is 1. The van der Waals surface area contributed by atoms with Crippen LogP contribution in [0.2, 0.25) is 0 Å². The molecular weight excluding hydrogens is 218 g/mol. The lowest BCUT2D eigenvalue weighted by Crippen LogP contribution is -2.05. The van der Waals surface area contributed by atoms with E-state index >= 15 is 0 Å². The summed E-state index contributed by atoms with van der Waals surface area (Å²) in [6.07, 6.45) is 1.11. The third-order valence-electron chi connectivity index (χ3n) is 2.29. The molecule has 2 N–H and O–H groups in total. The zero-order valence-corrected chi connectivity index (χ0v) is 9.47. The van der Waals surface area contributed by atoms with E-state index in [4.69, 9.17) is 9.63 Å². The number of hydrogen-bond acceptors (Lipinski definition) is 5. The van der Waals surface area contributed by atoms with E-state index in [1.54, 1.807) is 0 Å². The van der Waals surface area contributed by atoms with Gasteiger partial charge in [-0.2, -0.15) is 4.98 Å². The Hall–Kier alpha value is -1.88. The van der Waals surface area contributed by atoms with Gasteiger partial charge in [-0.05, 0) is 12.1 Å². The highest BCUT2D eigenvalue weighted by Gasteiger charge is 2.04. The van der Waals surface area contributed by atoms with Crippen LogP contribution in [0.25, 0.3) is 0 Å². The van der Waals surface area contributed by atoms with Gasteiger partial charge in [0, 0.05) is 25.1 Å². The second-order valence-corrected chi connectivity index (χ2v) is 3.62. The first kappa shape index (κ1) is 11.6. The molecule has 0 saturated carbocycles. The Balaban J connectivity index is 1.78. The summed E-state index contributed by atoms with van der Waals surface area (Å²) in [5.74, 6) is 1.15. The Labute approximate surface area is 99.5 Å². The van der Waals surface area contributed by atoms with Crippen molar-refractivity contribution in [1.29, 1.82) is 0 Å². The average molecular weight is 233 g/mol. The third kappa shape index (κ3) is 3.57. The van der Waals surface area contributed by atoms with Crippen LogP contribution in [0, 0.1) is 0 Å². The maximum atomic E-state index is 8.72. The van der Waals surface area contributed by atoms with Crippen LogP contribution in [0.3, 0.4) is 0 Å². The molecule has 17 heavy (non-hydrogen) atoms. The fraction of sp³-hybridized carbons (Fsp3) is 0.333. The first-order chi connectivity index (χ1) is 8.38. The van der Waals surface area contributed by atoms with Crippen LogP contribution in [0.15, 0.2) is 34.9 Å². The van der Waals surface area contributed by atoms with Crippen LogP contribution < -0.4 is 5.32 Å². The van der Waals surface area contributed by atoms with Gasteiger partial charge in [0.1, 0.15) is 0 Å². The molecule has 2 rings (SSSR count). The summed E-state index contributed by atoms with van der Waals surface area (Å²) in [7, 11) is 0. The molecule has 0 aliphatic heterocycles. The third-order valence-corrected chi connectivity index (χ3v) is 2.29. The maximum Gasteiger partial charge on any atom is 0.228 e. The number of anilines is 1. The van der Waals surface area contributed by atoms with Crippen LogP contribution in [-0.2, 0) is 12.8 Å². The molecule has 5 nitrogen and oxygen atoms in total. The van der Waals surface area contributed by atoms with Gasteiger partial charge in [-0.1, -0.05) is 23.4 Å². The Bertz CT molecular complexity index is 442. The van der Waals surface area contributed by atoms with Crippen LogP contribution in [0.1, 0.15) is 11.7 Å². The predicted molar refractivity (Wildman–Crippen MR) is 63.7 cm³/mol. The highest BCUT2D eigenvalue weighted by Crippen LogP contribution is 2.05. The molecule has 0 aliphatic rings. The van der Waals surface area contributed by atoms with Crippen LogP contribution in [0.5, 0.6) is 0 Å². The van der Waals surface area contributed by atoms with Gasteiger partial charge in [-0.15, -0.1) is 0 Å². The summed E-state index contributed by atoms with van der Waals surface area (Å²) in [4.78, 5) is 4.15. The molecule has 0 atom stereocenters. The van der Waals surface area contributed by atoms with Crippen molar-refractivity contribution in [3.05, 3.63) is 42.0 Å². The number of para-hydroxylation sites is 1. The van der Waals surface area contributed by atoms with Crippen molar-refractivity contribution >= 4 is 5.69 Å². The summed E-state index contributed by atoms with van der Waals surface area (Å²) < 4.78 is 5.04. The molecule has 2 aromatic rings. The monoisotopic (exact) mass is 233 g/mol. The molecule has 0 unspecified atom stereocenters. The quantitative estimate of drug-likeness (QED) is 0.786. The van der Waals surface area contributed by atoms with E-state index in [0.717, 1.165) is 12.2 Å². The SMILES string of the molecule is OCCc1noc(CCNc2ccccc2)n1. The number of aliphatic hydroxyl groups is 1. The highest BCUT2D eigenvalue weighted by atomic mass is 16.5. The lowest BCUT2D eigenvalue weighted by molar-refractivity contribution is 0.293. The van der Waals surface area contributed by atoms with Gasteiger partial charge >= 0.3 is 0 Å². The summed E-state index contributed by atoms with van der Waals surface area (Å²) in [5, 5.41) is 15.7. The fourth-order valence-corrected chi connectivity index (χ4v) is 1.46. The standard InChI is InChI=1S/C12H15N3O2/c16-9-7-11-14-12(17-15-11)6-8-13-10-4-2-1-3-5-10/h1-5,13,16H,6-9H2. The number of hydrogen-bond donors (Lipinski definition) is 2. The average Bonchev–Trinajstić information content (AvgIpc) is 2.79. The topological polar surface area (TPSA) is 71.2 Å². The Morgan fingerprint density at radius 2 is 2.00 bits per heavy atom. The van der Waals surface area contributed by atoms with E-state index in [2.05, 4.69) is 15.5 Å². The van der Waals surface area contributed by atoms with Gasteiger partial charge in [0.25, 0.3) is 0 Å². The largest absolute Gasteiger partial charge is 0.396 e. The second-order valence-electron chi connectivity index (χ2n) is 3.62. The molecule has 0 radical (unpaired) electrons. The minimum Gasteiger partial charge on any atom is -0.396 e. The van der Waals surface area contributed by atoms with Gasteiger partial charge in [-0.25, -0.2) is 0 Å². The molecule has 0 aliphatic carbocycles. The van der Waals surface area contributed by atoms with Gasteiger partial charge in [0.2, 0.25) is 5.89 Å². The van der Waals surface area contributed by atoms with Crippen molar-refractivity contribution in [3.63, 3.8) is 0 Å². The van der Waals surface area contributed by atoms with E-state index in [1.807, 2.05) is 30.3 Å². The van der Waals surface area contributed by atoms with Gasteiger partial charge in [-0.3, -0.25) is 0 Å². The highest BCUT2D eigenvalue weighted by molar-refractivity contribution is 5.42. The number of rotatable bonds is 6. The predicted octanol–water partition coefficient (Wildman–Crippen LogP) is 1.26. The molecule has 0 spiro atoms. The number of aliphatic hydroxyl groups excluding tert-OH is 1. The molecule has 1 aromatic carbocycles. The van der Waals surface area contributed by atoms with Crippen molar-refractivity contribution in [2.24, 2.45) is 0 Å². The number of benzene rings is 1. The van der Waals surface area contributed by atoms with Crippen molar-refractivity contribution in [2.75, 3.05) is 18.5 Å². The second kappa shape index (κ2) is 6.00. The molecule has 0 amide bonds. The minimum atomic E-state index is 0.0429. The Morgan fingerprint density at radius 1 is 1.18 bits per heavy atom. The zero-order valence-electron chi connectivity index (χ0n) is 9.47. The van der Waals surface area contributed by atoms with Gasteiger partial charge < -0.3 is 14.9 Å². The zero-order chi connectivity index (χ0) is 11.9. The Morgan fingerprint density at radius 3 is 2.76 bits per heavy atom. The Kier molecular flexibility index (Phi) is 4.10. The summed E-state index contributed by atoms with van der Waals surface area (Å²) in [6.45, 7) is 0.784. The molecule has 0 bridgehead atoms. The number of aromatic nitrogens is 2. The van der Waals surface area contributed by atoms with E-state index in [9.17, 15) is 0 Å². The van der Waals surface area contributed by atoms with Gasteiger partial charge in [0.15, 0.2) is 5.82 Å². The first-order valence-electron chi connectivity index (χ1n) is 5.60. The minimum absolute atomic E-state index is 0.0429. The molecule has 0 saturated heterocycles. The first-order valence-corrected chi connectivity index (χ1v) is 5.60. The maximum absolute atomic E-state index is 8.72. The molecule has 1 heterocycles. The lowest BCUT2D eigenvalue weighted by atomic mass is 10.3. The number of nitrogens with zero attached hydrogens (tertiary/aromatic N) is 2. The van der Waals surface area contributed by atoms with Crippen molar-refractivity contribution < 1.29 is 9.63 Å². The van der Waals surface area contributed by atoms with E-state index in [-0.39, 0.29) is 6.61 Å². The smallest absolute Gasteiger partial charge is 0.228 e. The normalized spacial score (nSPS) is 10.4. The van der Waals surface area contributed by atoms with Crippen LogP contribution in [0.4, 0.5) is 5.69 Å². The fourth-order valence-electron chi connectivity index (χ4n) is 1.46. The van der Waals surface area contributed by atoms with Crippen molar-refractivity contribution in [1.82, 2.24) is 10.1 Å². The lowest BCUT2D eigenvalue weighted by Gasteiger charge is -2.02. The van der Waals surface area contributed by atoms with E-state index in [1.165, 1.54) is 0 Å². The molecular formula is C12H15N3O2. The molecule has 0 fully saturated rings. The van der Waals surface area contributed by atoms with Gasteiger partial charge in [0.05, 0.1) is 6.61 Å². The molecule has 90 valence electrons.